The van der Waals surface area contributed by atoms with Crippen molar-refractivity contribution in [3.63, 3.8) is 0 Å². The molecule has 0 aliphatic heterocycles. The van der Waals surface area contributed by atoms with E-state index in [4.69, 9.17) is 16.3 Å². The van der Waals surface area contributed by atoms with E-state index in [0.717, 1.165) is 12.8 Å². The summed E-state index contributed by atoms with van der Waals surface area (Å²) in [6, 6.07) is 6.96. The van der Waals surface area contributed by atoms with Crippen molar-refractivity contribution in [2.75, 3.05) is 6.61 Å². The van der Waals surface area contributed by atoms with Crippen molar-refractivity contribution < 1.29 is 9.53 Å². The summed E-state index contributed by atoms with van der Waals surface area (Å²) in [6.07, 6.45) is 1.80. The molecule has 0 saturated carbocycles. The Labute approximate surface area is 113 Å². The molecule has 0 atom stereocenters. The largest absolute Gasteiger partial charge is 0.484 e. The van der Waals surface area contributed by atoms with Crippen molar-refractivity contribution in [3.05, 3.63) is 29.3 Å². The molecule has 1 aromatic carbocycles. The average molecular weight is 270 g/mol. The molecule has 0 bridgehead atoms. The van der Waals surface area contributed by atoms with Crippen LogP contribution < -0.4 is 10.1 Å². The summed E-state index contributed by atoms with van der Waals surface area (Å²) < 4.78 is 5.39. The molecule has 0 radical (unpaired) electrons. The van der Waals surface area contributed by atoms with Crippen molar-refractivity contribution in [2.45, 2.75) is 39.2 Å². The van der Waals surface area contributed by atoms with Gasteiger partial charge in [-0.25, -0.2) is 0 Å². The third kappa shape index (κ3) is 4.57. The van der Waals surface area contributed by atoms with E-state index in [-0.39, 0.29) is 18.1 Å². The fourth-order valence-electron chi connectivity index (χ4n) is 1.48. The van der Waals surface area contributed by atoms with E-state index in [0.29, 0.717) is 10.8 Å². The van der Waals surface area contributed by atoms with Crippen LogP contribution >= 0.6 is 11.6 Å². The van der Waals surface area contributed by atoms with E-state index < -0.39 is 0 Å². The van der Waals surface area contributed by atoms with Gasteiger partial charge in [0, 0.05) is 10.6 Å². The summed E-state index contributed by atoms with van der Waals surface area (Å²) in [5.41, 5.74) is -0.152. The maximum Gasteiger partial charge on any atom is 0.258 e. The first-order chi connectivity index (χ1) is 8.49. The Bertz CT molecular complexity index is 385. The highest BCUT2D eigenvalue weighted by atomic mass is 35.5. The number of amides is 1. The number of halogens is 1. The van der Waals surface area contributed by atoms with Gasteiger partial charge in [0.1, 0.15) is 5.75 Å². The van der Waals surface area contributed by atoms with Crippen LogP contribution in [-0.2, 0) is 4.79 Å². The van der Waals surface area contributed by atoms with Crippen LogP contribution in [0.4, 0.5) is 0 Å². The Kier molecular flexibility index (Phi) is 5.48. The molecular formula is C14H20ClNO2. The summed E-state index contributed by atoms with van der Waals surface area (Å²) >= 11 is 5.76. The number of carbonyl (C=O) groups is 1. The summed E-state index contributed by atoms with van der Waals surface area (Å²) in [4.78, 5) is 11.8. The number of nitrogens with one attached hydrogen (secondary N) is 1. The van der Waals surface area contributed by atoms with E-state index in [1.807, 2.05) is 6.92 Å². The molecule has 0 heterocycles. The van der Waals surface area contributed by atoms with Gasteiger partial charge in [0.25, 0.3) is 5.91 Å². The van der Waals surface area contributed by atoms with Gasteiger partial charge in [0.05, 0.1) is 0 Å². The van der Waals surface area contributed by atoms with Crippen molar-refractivity contribution in [1.29, 1.82) is 0 Å². The molecule has 4 heteroatoms. The number of benzene rings is 1. The first-order valence-electron chi connectivity index (χ1n) is 6.18. The van der Waals surface area contributed by atoms with Crippen molar-refractivity contribution in [2.24, 2.45) is 0 Å². The number of rotatable bonds is 6. The van der Waals surface area contributed by atoms with E-state index >= 15 is 0 Å². The zero-order valence-corrected chi connectivity index (χ0v) is 11.9. The van der Waals surface area contributed by atoms with Gasteiger partial charge in [-0.3, -0.25) is 4.79 Å². The Morgan fingerprint density at radius 3 is 2.33 bits per heavy atom. The molecule has 0 aliphatic rings. The summed E-state index contributed by atoms with van der Waals surface area (Å²) in [5.74, 6) is 0.542. The predicted molar refractivity (Wildman–Crippen MR) is 74.1 cm³/mol. The molecule has 1 N–H and O–H groups in total. The highest BCUT2D eigenvalue weighted by molar-refractivity contribution is 6.30. The van der Waals surface area contributed by atoms with Gasteiger partial charge >= 0.3 is 0 Å². The Balaban J connectivity index is 2.44. The standard InChI is InChI=1S/C14H20ClNO2/c1-4-14(3,5-2)16-13(17)10-18-12-8-6-11(15)7-9-12/h6-9H,4-5,10H2,1-3H3,(H,16,17). The van der Waals surface area contributed by atoms with E-state index in [1.54, 1.807) is 24.3 Å². The number of ether oxygens (including phenoxy) is 1. The third-order valence-electron chi connectivity index (χ3n) is 3.19. The monoisotopic (exact) mass is 269 g/mol. The maximum atomic E-state index is 11.8. The molecule has 1 amide bonds. The minimum atomic E-state index is -0.152. The van der Waals surface area contributed by atoms with Gasteiger partial charge in [-0.05, 0) is 44.0 Å². The van der Waals surface area contributed by atoms with Crippen molar-refractivity contribution >= 4 is 17.5 Å². The predicted octanol–water partition coefficient (Wildman–Crippen LogP) is 3.41. The van der Waals surface area contributed by atoms with E-state index in [9.17, 15) is 4.79 Å². The lowest BCUT2D eigenvalue weighted by Crippen LogP contribution is -2.46. The lowest BCUT2D eigenvalue weighted by atomic mass is 9.96. The first-order valence-corrected chi connectivity index (χ1v) is 6.56. The highest BCUT2D eigenvalue weighted by Crippen LogP contribution is 2.16. The quantitative estimate of drug-likeness (QED) is 0.859. The minimum Gasteiger partial charge on any atom is -0.484 e. The van der Waals surface area contributed by atoms with Crippen molar-refractivity contribution in [3.8, 4) is 5.75 Å². The molecule has 18 heavy (non-hydrogen) atoms. The van der Waals surface area contributed by atoms with Crippen LogP contribution in [0, 0.1) is 0 Å². The van der Waals surface area contributed by atoms with Crippen molar-refractivity contribution in [1.82, 2.24) is 5.32 Å². The Morgan fingerprint density at radius 1 is 1.28 bits per heavy atom. The summed E-state index contributed by atoms with van der Waals surface area (Å²) in [6.45, 7) is 6.18. The van der Waals surface area contributed by atoms with Gasteiger partial charge in [-0.15, -0.1) is 0 Å². The number of carbonyl (C=O) groups excluding carboxylic acids is 1. The second-order valence-electron chi connectivity index (χ2n) is 4.56. The van der Waals surface area contributed by atoms with Crippen LogP contribution in [0.25, 0.3) is 0 Å². The second-order valence-corrected chi connectivity index (χ2v) is 4.99. The van der Waals surface area contributed by atoms with E-state index in [1.165, 1.54) is 0 Å². The molecule has 0 aliphatic carbocycles. The van der Waals surface area contributed by atoms with Crippen LogP contribution in [0.1, 0.15) is 33.6 Å². The fourth-order valence-corrected chi connectivity index (χ4v) is 1.61. The van der Waals surface area contributed by atoms with Crippen LogP contribution in [0.5, 0.6) is 5.75 Å². The zero-order chi connectivity index (χ0) is 13.6. The normalized spacial score (nSPS) is 11.1. The molecule has 0 fully saturated rings. The molecule has 3 nitrogen and oxygen atoms in total. The molecule has 0 spiro atoms. The Morgan fingerprint density at radius 2 is 1.83 bits per heavy atom. The van der Waals surface area contributed by atoms with Gasteiger partial charge in [-0.1, -0.05) is 25.4 Å². The smallest absolute Gasteiger partial charge is 0.258 e. The van der Waals surface area contributed by atoms with Crippen LogP contribution in [-0.4, -0.2) is 18.1 Å². The highest BCUT2D eigenvalue weighted by Gasteiger charge is 2.21. The lowest BCUT2D eigenvalue weighted by molar-refractivity contribution is -0.125. The molecule has 0 unspecified atom stereocenters. The second kappa shape index (κ2) is 6.64. The molecular weight excluding hydrogens is 250 g/mol. The van der Waals surface area contributed by atoms with Crippen LogP contribution in [0.2, 0.25) is 5.02 Å². The van der Waals surface area contributed by atoms with Crippen LogP contribution in [0.3, 0.4) is 0 Å². The Hall–Kier alpha value is -1.22. The molecule has 1 aromatic rings. The summed E-state index contributed by atoms with van der Waals surface area (Å²) in [7, 11) is 0. The zero-order valence-electron chi connectivity index (χ0n) is 11.1. The van der Waals surface area contributed by atoms with Gasteiger partial charge in [0.2, 0.25) is 0 Å². The first kappa shape index (κ1) is 14.8. The molecule has 100 valence electrons. The molecule has 1 rings (SSSR count). The average Bonchev–Trinajstić information content (AvgIpc) is 2.38. The maximum absolute atomic E-state index is 11.8. The lowest BCUT2D eigenvalue weighted by Gasteiger charge is -2.28. The SMILES string of the molecule is CCC(C)(CC)NC(=O)COc1ccc(Cl)cc1. The minimum absolute atomic E-state index is 0.0250. The topological polar surface area (TPSA) is 38.3 Å². The van der Waals surface area contributed by atoms with Gasteiger partial charge in [-0.2, -0.15) is 0 Å². The number of hydrogen-bond donors (Lipinski definition) is 1. The number of hydrogen-bond acceptors (Lipinski definition) is 2. The third-order valence-corrected chi connectivity index (χ3v) is 3.44. The van der Waals surface area contributed by atoms with Gasteiger partial charge in [0.15, 0.2) is 6.61 Å². The van der Waals surface area contributed by atoms with Gasteiger partial charge < -0.3 is 10.1 Å². The molecule has 0 saturated heterocycles. The summed E-state index contributed by atoms with van der Waals surface area (Å²) in [5, 5.41) is 3.63. The fraction of sp³-hybridized carbons (Fsp3) is 0.500. The molecule has 0 aromatic heterocycles. The van der Waals surface area contributed by atoms with Crippen LogP contribution in [0.15, 0.2) is 24.3 Å². The van der Waals surface area contributed by atoms with E-state index in [2.05, 4.69) is 19.2 Å².